The largest absolute Gasteiger partial charge is 0.479 e. The molecule has 0 radical (unpaired) electrons. The van der Waals surface area contributed by atoms with Crippen molar-refractivity contribution >= 4 is 22.8 Å². The number of pyridine rings is 2. The number of carbonyl (C=O) groups excluding carboxylic acids is 1. The number of aryl methyl sites for hydroxylation is 1. The summed E-state index contributed by atoms with van der Waals surface area (Å²) in [6, 6.07) is 5.69. The summed E-state index contributed by atoms with van der Waals surface area (Å²) in [5, 5.41) is 51.8. The van der Waals surface area contributed by atoms with Crippen molar-refractivity contribution in [1.29, 1.82) is 0 Å². The van der Waals surface area contributed by atoms with Gasteiger partial charge >= 0.3 is 11.9 Å². The van der Waals surface area contributed by atoms with Crippen LogP contribution < -0.4 is 10.3 Å². The van der Waals surface area contributed by atoms with E-state index in [1.165, 1.54) is 28.8 Å². The second-order valence-electron chi connectivity index (χ2n) is 10.0. The first-order valence-electron chi connectivity index (χ1n) is 15.2. The standard InChI is InChI=1S/C28H28N2O11/c1-3-12-13-7-11(40-26-22(33)20(31)21(32)23(41-26)25(35)36)5-6-17(13)29-19-14(12)9-30-18(19)8-16-15(24(30)34)10-39-27(37)28(16,38)4-2/h5-8,20-23,26,31-33,38H,3-4,9-10H2,1-2H3,(H,35,36)/t20-,21-,22+,23-,26+,28-/m0/s1/i2D3,4D2. The topological polar surface area (TPSA) is 198 Å². The number of hydrogen-bond acceptors (Lipinski definition) is 11. The number of hydrogen-bond donors (Lipinski definition) is 5. The van der Waals surface area contributed by atoms with Gasteiger partial charge in [0, 0.05) is 23.4 Å². The molecular formula is C28H28N2O11. The van der Waals surface area contributed by atoms with Crippen molar-refractivity contribution in [1.82, 2.24) is 9.55 Å². The van der Waals surface area contributed by atoms with Gasteiger partial charge in [-0.15, -0.1) is 0 Å². The summed E-state index contributed by atoms with van der Waals surface area (Å²) < 4.78 is 56.6. The number of esters is 1. The molecule has 6 rings (SSSR count). The zero-order chi connectivity index (χ0) is 33.7. The van der Waals surface area contributed by atoms with Crippen molar-refractivity contribution in [3.63, 3.8) is 0 Å². The van der Waals surface area contributed by atoms with Crippen LogP contribution >= 0.6 is 0 Å². The van der Waals surface area contributed by atoms with E-state index in [0.717, 1.165) is 0 Å². The minimum absolute atomic E-state index is 0.0126. The molecule has 3 aliphatic heterocycles. The van der Waals surface area contributed by atoms with Crippen LogP contribution in [0.2, 0.25) is 0 Å². The number of carbonyl (C=O) groups is 2. The van der Waals surface area contributed by atoms with Crippen LogP contribution in [0.25, 0.3) is 22.3 Å². The number of rotatable bonds is 5. The lowest BCUT2D eigenvalue weighted by atomic mass is 9.86. The minimum atomic E-state index is -3.53. The van der Waals surface area contributed by atoms with E-state index in [1.807, 2.05) is 6.92 Å². The summed E-state index contributed by atoms with van der Waals surface area (Å²) in [4.78, 5) is 42.7. The van der Waals surface area contributed by atoms with Crippen LogP contribution in [0.4, 0.5) is 0 Å². The molecule has 13 heteroatoms. The second kappa shape index (κ2) is 9.60. The van der Waals surface area contributed by atoms with Crippen LogP contribution in [-0.4, -0.2) is 77.7 Å². The van der Waals surface area contributed by atoms with Gasteiger partial charge in [0.2, 0.25) is 6.29 Å². The van der Waals surface area contributed by atoms with Crippen LogP contribution in [-0.2, 0) is 44.2 Å². The van der Waals surface area contributed by atoms with Gasteiger partial charge in [0.05, 0.1) is 29.0 Å². The third-order valence-corrected chi connectivity index (χ3v) is 7.77. The maximum atomic E-state index is 13.7. The van der Waals surface area contributed by atoms with Gasteiger partial charge in [0.15, 0.2) is 11.7 Å². The minimum Gasteiger partial charge on any atom is -0.479 e. The maximum Gasteiger partial charge on any atom is 0.343 e. The van der Waals surface area contributed by atoms with Gasteiger partial charge in [-0.05, 0) is 42.6 Å². The van der Waals surface area contributed by atoms with Gasteiger partial charge in [0.1, 0.15) is 30.7 Å². The Morgan fingerprint density at radius 1 is 1.22 bits per heavy atom. The second-order valence-corrected chi connectivity index (χ2v) is 10.0. The highest BCUT2D eigenvalue weighted by atomic mass is 16.7. The van der Waals surface area contributed by atoms with E-state index in [2.05, 4.69) is 4.98 Å². The number of fused-ring (bicyclic) bond motifs is 5. The normalized spacial score (nSPS) is 31.0. The Kier molecular flexibility index (Phi) is 5.11. The maximum absolute atomic E-state index is 13.7. The van der Waals surface area contributed by atoms with Crippen molar-refractivity contribution in [2.24, 2.45) is 0 Å². The molecule has 1 saturated heterocycles. The van der Waals surface area contributed by atoms with E-state index in [-0.39, 0.29) is 29.2 Å². The summed E-state index contributed by atoms with van der Waals surface area (Å²) >= 11 is 0. The summed E-state index contributed by atoms with van der Waals surface area (Å²) in [6.45, 7) is -2.26. The van der Waals surface area contributed by atoms with E-state index in [4.69, 9.17) is 21.1 Å². The van der Waals surface area contributed by atoms with Crippen LogP contribution in [0.3, 0.4) is 0 Å². The number of benzene rings is 1. The summed E-state index contributed by atoms with van der Waals surface area (Å²) in [5.74, 6) is -3.02. The van der Waals surface area contributed by atoms with Gasteiger partial charge in [-0.25, -0.2) is 14.6 Å². The zero-order valence-electron chi connectivity index (χ0n) is 26.4. The fourth-order valence-electron chi connectivity index (χ4n) is 5.62. The molecule has 6 atom stereocenters. The molecule has 3 aliphatic rings. The molecule has 0 saturated carbocycles. The van der Waals surface area contributed by atoms with Crippen molar-refractivity contribution in [3.05, 3.63) is 56.9 Å². The Morgan fingerprint density at radius 2 is 2.00 bits per heavy atom. The van der Waals surface area contributed by atoms with Gasteiger partial charge in [0.25, 0.3) is 5.56 Å². The molecule has 5 heterocycles. The number of carboxylic acids is 1. The van der Waals surface area contributed by atoms with Crippen molar-refractivity contribution < 1.29 is 56.2 Å². The third kappa shape index (κ3) is 3.95. The summed E-state index contributed by atoms with van der Waals surface area (Å²) in [6.07, 6.45) is -12.2. The first-order chi connectivity index (χ1) is 21.4. The van der Waals surface area contributed by atoms with Gasteiger partial charge in [-0.1, -0.05) is 13.8 Å². The number of aromatic nitrogens is 2. The van der Waals surface area contributed by atoms with Crippen LogP contribution in [0.5, 0.6) is 5.75 Å². The van der Waals surface area contributed by atoms with Crippen LogP contribution in [0.1, 0.15) is 49.3 Å². The third-order valence-electron chi connectivity index (χ3n) is 7.77. The first kappa shape index (κ1) is 21.8. The van der Waals surface area contributed by atoms with E-state index in [9.17, 15) is 39.9 Å². The number of carboxylic acid groups (broad SMARTS) is 1. The molecule has 216 valence electrons. The Balaban J connectivity index is 1.45. The molecule has 5 N–H and O–H groups in total. The summed E-state index contributed by atoms with van der Waals surface area (Å²) in [5.41, 5.74) is -2.80. The molecule has 0 amide bonds. The highest BCUT2D eigenvalue weighted by Crippen LogP contribution is 2.41. The molecule has 0 unspecified atom stereocenters. The Morgan fingerprint density at radius 3 is 2.71 bits per heavy atom. The lowest BCUT2D eigenvalue weighted by Crippen LogP contribution is -2.61. The van der Waals surface area contributed by atoms with Crippen LogP contribution in [0, 0.1) is 0 Å². The molecule has 13 nitrogen and oxygen atoms in total. The zero-order valence-corrected chi connectivity index (χ0v) is 21.4. The molecular weight excluding hydrogens is 540 g/mol. The monoisotopic (exact) mass is 573 g/mol. The van der Waals surface area contributed by atoms with Gasteiger partial charge in [-0.3, -0.25) is 4.79 Å². The molecule has 3 aromatic rings. The number of nitrogens with zero attached hydrogens (tertiary/aromatic N) is 2. The number of aliphatic hydroxyl groups excluding tert-OH is 3. The number of cyclic esters (lactones) is 1. The molecule has 1 fully saturated rings. The summed E-state index contributed by atoms with van der Waals surface area (Å²) in [7, 11) is 0. The SMILES string of the molecule is [2H]C([2H])([2H])C([2H])([2H])[C@@]1(O)C(=O)OCc2c1cc1n(c2=O)Cc2c-1nc1ccc(O[C@@H]3O[C@H](C(=O)O)[C@@H](O)[C@H](O)[C@H]3O)cc1c2CC. The molecule has 41 heavy (non-hydrogen) atoms. The van der Waals surface area contributed by atoms with E-state index in [1.54, 1.807) is 0 Å². The van der Waals surface area contributed by atoms with E-state index < -0.39 is 79.2 Å². The Bertz CT molecular complexity index is 1860. The van der Waals surface area contributed by atoms with Crippen molar-refractivity contribution in [2.45, 2.75) is 76.0 Å². The highest BCUT2D eigenvalue weighted by molar-refractivity contribution is 5.90. The fraction of sp³-hybridized carbons (Fsp3) is 0.429. The van der Waals surface area contributed by atoms with E-state index >= 15 is 0 Å². The number of ether oxygens (including phenoxy) is 3. The predicted molar refractivity (Wildman–Crippen MR) is 139 cm³/mol. The van der Waals surface area contributed by atoms with Gasteiger partial charge < -0.3 is 44.3 Å². The first-order valence-corrected chi connectivity index (χ1v) is 12.7. The van der Waals surface area contributed by atoms with Crippen LogP contribution in [0.15, 0.2) is 29.1 Å². The lowest BCUT2D eigenvalue weighted by Gasteiger charge is -2.38. The quantitative estimate of drug-likeness (QED) is 0.199. The van der Waals surface area contributed by atoms with Crippen molar-refractivity contribution in [2.75, 3.05) is 0 Å². The Hall–Kier alpha value is -3.88. The Labute approximate surface area is 239 Å². The average Bonchev–Trinajstić information content (AvgIpc) is 3.36. The molecule has 2 aromatic heterocycles. The van der Waals surface area contributed by atoms with E-state index in [0.29, 0.717) is 28.5 Å². The fourth-order valence-corrected chi connectivity index (χ4v) is 5.62. The highest BCUT2D eigenvalue weighted by Gasteiger charge is 2.48. The molecule has 0 aliphatic carbocycles. The lowest BCUT2D eigenvalue weighted by molar-refractivity contribution is -0.271. The molecule has 1 aromatic carbocycles. The molecule has 0 bridgehead atoms. The smallest absolute Gasteiger partial charge is 0.343 e. The number of aliphatic hydroxyl groups is 4. The number of aliphatic carboxylic acids is 1. The molecule has 0 spiro atoms. The predicted octanol–water partition coefficient (Wildman–Crippen LogP) is -0.0870. The van der Waals surface area contributed by atoms with Gasteiger partial charge in [-0.2, -0.15) is 0 Å². The van der Waals surface area contributed by atoms with Crippen molar-refractivity contribution in [3.8, 4) is 17.1 Å². The average molecular weight is 574 g/mol.